The predicted octanol–water partition coefficient (Wildman–Crippen LogP) is 1.55. The summed E-state index contributed by atoms with van der Waals surface area (Å²) in [4.78, 5) is 0. The second kappa shape index (κ2) is 4.63. The first-order chi connectivity index (χ1) is 7.57. The molecule has 0 aromatic heterocycles. The van der Waals surface area contributed by atoms with Crippen molar-refractivity contribution in [2.24, 2.45) is 11.3 Å². The first-order valence-corrected chi connectivity index (χ1v) is 6.60. The van der Waals surface area contributed by atoms with Crippen LogP contribution in [-0.4, -0.2) is 36.5 Å². The summed E-state index contributed by atoms with van der Waals surface area (Å²) in [6.07, 6.45) is 3.50. The van der Waals surface area contributed by atoms with Crippen LogP contribution in [0.1, 0.15) is 40.0 Å². The lowest BCUT2D eigenvalue weighted by molar-refractivity contribution is -0.193. The lowest BCUT2D eigenvalue weighted by atomic mass is 9.55. The molecule has 2 N–H and O–H groups in total. The van der Waals surface area contributed by atoms with Gasteiger partial charge in [-0.3, -0.25) is 0 Å². The molecular formula is C13H25NO2. The van der Waals surface area contributed by atoms with Crippen LogP contribution in [0.15, 0.2) is 0 Å². The van der Waals surface area contributed by atoms with Gasteiger partial charge < -0.3 is 15.2 Å². The minimum atomic E-state index is -0.209. The predicted molar refractivity (Wildman–Crippen MR) is 64.3 cm³/mol. The summed E-state index contributed by atoms with van der Waals surface area (Å²) in [6, 6.07) is 0.513. The van der Waals surface area contributed by atoms with E-state index in [0.717, 1.165) is 13.0 Å². The smallest absolute Gasteiger partial charge is 0.0684 e. The summed E-state index contributed by atoms with van der Waals surface area (Å²) in [7, 11) is 0. The molecule has 4 atom stereocenters. The van der Waals surface area contributed by atoms with Crippen LogP contribution in [0, 0.1) is 11.3 Å². The largest absolute Gasteiger partial charge is 0.392 e. The Morgan fingerprint density at radius 3 is 2.94 bits per heavy atom. The highest BCUT2D eigenvalue weighted by Crippen LogP contribution is 2.51. The number of aliphatic hydroxyl groups is 1. The molecule has 1 saturated heterocycles. The van der Waals surface area contributed by atoms with Crippen LogP contribution >= 0.6 is 0 Å². The van der Waals surface area contributed by atoms with E-state index in [-0.39, 0.29) is 11.5 Å². The topological polar surface area (TPSA) is 41.5 Å². The van der Waals surface area contributed by atoms with Crippen molar-refractivity contribution in [2.75, 3.05) is 13.2 Å². The third-order valence-electron chi connectivity index (χ3n) is 4.38. The quantitative estimate of drug-likeness (QED) is 0.765. The lowest BCUT2D eigenvalue weighted by Crippen LogP contribution is -2.69. The number of rotatable bonds is 4. The molecule has 0 aromatic carbocycles. The van der Waals surface area contributed by atoms with E-state index in [1.807, 2.05) is 6.92 Å². The molecule has 0 bridgehead atoms. The van der Waals surface area contributed by atoms with Crippen molar-refractivity contribution in [1.29, 1.82) is 0 Å². The van der Waals surface area contributed by atoms with Gasteiger partial charge in [-0.25, -0.2) is 0 Å². The van der Waals surface area contributed by atoms with Crippen LogP contribution < -0.4 is 5.32 Å². The molecule has 2 rings (SSSR count). The summed E-state index contributed by atoms with van der Waals surface area (Å²) in [5, 5.41) is 13.1. The highest BCUT2D eigenvalue weighted by atomic mass is 16.5. The van der Waals surface area contributed by atoms with Crippen molar-refractivity contribution in [3.63, 3.8) is 0 Å². The van der Waals surface area contributed by atoms with Gasteiger partial charge in [0, 0.05) is 30.5 Å². The molecule has 1 aliphatic heterocycles. The van der Waals surface area contributed by atoms with Crippen LogP contribution in [0.25, 0.3) is 0 Å². The van der Waals surface area contributed by atoms with Gasteiger partial charge in [0.15, 0.2) is 0 Å². The third kappa shape index (κ3) is 2.01. The monoisotopic (exact) mass is 227 g/mol. The molecule has 0 spiro atoms. The summed E-state index contributed by atoms with van der Waals surface area (Å²) in [5.41, 5.74) is 0.221. The zero-order valence-electron chi connectivity index (χ0n) is 10.7. The van der Waals surface area contributed by atoms with E-state index in [1.54, 1.807) is 0 Å². The number of hydrogen-bond acceptors (Lipinski definition) is 3. The average Bonchev–Trinajstić information content (AvgIpc) is 2.28. The summed E-state index contributed by atoms with van der Waals surface area (Å²) in [6.45, 7) is 8.21. The number of aliphatic hydroxyl groups excluding tert-OH is 1. The Kier molecular flexibility index (Phi) is 3.57. The van der Waals surface area contributed by atoms with E-state index in [0.29, 0.717) is 24.6 Å². The van der Waals surface area contributed by atoms with Gasteiger partial charge in [0.05, 0.1) is 12.2 Å². The van der Waals surface area contributed by atoms with Crippen LogP contribution in [-0.2, 0) is 4.74 Å². The zero-order chi connectivity index (χ0) is 11.8. The standard InChI is InChI=1S/C13H25NO2/c1-4-9(15)8-14-11-10-6-5-7-16-12(10)13(11,2)3/h9-12,14-15H,4-8H2,1-3H3. The number of ether oxygens (including phenoxy) is 1. The molecule has 1 heterocycles. The Balaban J connectivity index is 1.89. The number of hydrogen-bond donors (Lipinski definition) is 2. The number of nitrogens with one attached hydrogen (secondary N) is 1. The first-order valence-electron chi connectivity index (χ1n) is 6.60. The molecule has 4 unspecified atom stereocenters. The molecule has 16 heavy (non-hydrogen) atoms. The van der Waals surface area contributed by atoms with Crippen LogP contribution in [0.2, 0.25) is 0 Å². The highest BCUT2D eigenvalue weighted by molar-refractivity contribution is 5.10. The Morgan fingerprint density at radius 1 is 1.50 bits per heavy atom. The second-order valence-electron chi connectivity index (χ2n) is 5.87. The molecule has 94 valence electrons. The Bertz CT molecular complexity index is 242. The van der Waals surface area contributed by atoms with Crippen LogP contribution in [0.3, 0.4) is 0 Å². The fourth-order valence-corrected chi connectivity index (χ4v) is 3.34. The van der Waals surface area contributed by atoms with Gasteiger partial charge in [-0.1, -0.05) is 20.8 Å². The fraction of sp³-hybridized carbons (Fsp3) is 1.00. The second-order valence-corrected chi connectivity index (χ2v) is 5.87. The molecule has 1 aliphatic carbocycles. The summed E-state index contributed by atoms with van der Waals surface area (Å²) < 4.78 is 5.85. The minimum Gasteiger partial charge on any atom is -0.392 e. The van der Waals surface area contributed by atoms with Gasteiger partial charge in [0.2, 0.25) is 0 Å². The SMILES string of the molecule is CCC(O)CNC1C2CCCOC2C1(C)C. The Hall–Kier alpha value is -0.120. The molecule has 3 heteroatoms. The summed E-state index contributed by atoms with van der Waals surface area (Å²) in [5.74, 6) is 0.660. The maximum absolute atomic E-state index is 9.60. The lowest BCUT2D eigenvalue weighted by Gasteiger charge is -2.60. The van der Waals surface area contributed by atoms with Crippen molar-refractivity contribution in [3.8, 4) is 0 Å². The van der Waals surface area contributed by atoms with Gasteiger partial charge in [-0.2, -0.15) is 0 Å². The van der Waals surface area contributed by atoms with E-state index in [4.69, 9.17) is 4.74 Å². The Labute approximate surface area is 98.6 Å². The molecule has 0 radical (unpaired) electrons. The highest BCUT2D eigenvalue weighted by Gasteiger charge is 2.57. The molecule has 0 amide bonds. The van der Waals surface area contributed by atoms with Gasteiger partial charge in [-0.05, 0) is 19.3 Å². The van der Waals surface area contributed by atoms with Gasteiger partial charge in [-0.15, -0.1) is 0 Å². The molecule has 2 aliphatic rings. The van der Waals surface area contributed by atoms with E-state index in [2.05, 4.69) is 19.2 Å². The minimum absolute atomic E-state index is 0.209. The molecule has 2 fully saturated rings. The van der Waals surface area contributed by atoms with Crippen molar-refractivity contribution >= 4 is 0 Å². The fourth-order valence-electron chi connectivity index (χ4n) is 3.34. The van der Waals surface area contributed by atoms with E-state index in [1.165, 1.54) is 12.8 Å². The zero-order valence-corrected chi connectivity index (χ0v) is 10.7. The molecule has 1 saturated carbocycles. The normalized spacial score (nSPS) is 38.6. The van der Waals surface area contributed by atoms with Crippen molar-refractivity contribution in [2.45, 2.75) is 58.3 Å². The van der Waals surface area contributed by atoms with Crippen molar-refractivity contribution in [3.05, 3.63) is 0 Å². The van der Waals surface area contributed by atoms with Gasteiger partial charge in [0.1, 0.15) is 0 Å². The van der Waals surface area contributed by atoms with E-state index in [9.17, 15) is 5.11 Å². The van der Waals surface area contributed by atoms with E-state index < -0.39 is 0 Å². The van der Waals surface area contributed by atoms with Crippen LogP contribution in [0.5, 0.6) is 0 Å². The van der Waals surface area contributed by atoms with Gasteiger partial charge in [0.25, 0.3) is 0 Å². The van der Waals surface area contributed by atoms with Gasteiger partial charge >= 0.3 is 0 Å². The van der Waals surface area contributed by atoms with Crippen molar-refractivity contribution in [1.82, 2.24) is 5.32 Å². The summed E-state index contributed by atoms with van der Waals surface area (Å²) >= 11 is 0. The average molecular weight is 227 g/mol. The number of fused-ring (bicyclic) bond motifs is 1. The first kappa shape index (κ1) is 12.3. The van der Waals surface area contributed by atoms with E-state index >= 15 is 0 Å². The maximum Gasteiger partial charge on any atom is 0.0684 e. The third-order valence-corrected chi connectivity index (χ3v) is 4.38. The molecule has 3 nitrogen and oxygen atoms in total. The van der Waals surface area contributed by atoms with Crippen molar-refractivity contribution < 1.29 is 9.84 Å². The van der Waals surface area contributed by atoms with Crippen LogP contribution in [0.4, 0.5) is 0 Å². The maximum atomic E-state index is 9.60. The molecular weight excluding hydrogens is 202 g/mol. The Morgan fingerprint density at radius 2 is 2.25 bits per heavy atom. The molecule has 0 aromatic rings.